The zero-order valence-electron chi connectivity index (χ0n) is 12.9. The Bertz CT molecular complexity index is 654. The summed E-state index contributed by atoms with van der Waals surface area (Å²) in [6.45, 7) is 2.08. The van der Waals surface area contributed by atoms with Crippen molar-refractivity contribution in [2.75, 3.05) is 19.6 Å². The molecule has 1 aliphatic heterocycles. The van der Waals surface area contributed by atoms with Crippen LogP contribution in [-0.4, -0.2) is 30.5 Å². The largest absolute Gasteiger partial charge is 0.355 e. The van der Waals surface area contributed by atoms with Gasteiger partial charge in [-0.05, 0) is 48.2 Å². The van der Waals surface area contributed by atoms with E-state index in [9.17, 15) is 4.79 Å². The molecule has 0 saturated carbocycles. The molecule has 0 spiro atoms. The number of halogens is 1. The van der Waals surface area contributed by atoms with Gasteiger partial charge in [-0.15, -0.1) is 0 Å². The van der Waals surface area contributed by atoms with Crippen molar-refractivity contribution in [3.8, 4) is 0 Å². The third-order valence-electron chi connectivity index (χ3n) is 4.31. The van der Waals surface area contributed by atoms with Crippen LogP contribution in [0.15, 0.2) is 48.8 Å². The van der Waals surface area contributed by atoms with Crippen LogP contribution < -0.4 is 10.6 Å². The van der Waals surface area contributed by atoms with Crippen LogP contribution in [0.4, 0.5) is 0 Å². The summed E-state index contributed by atoms with van der Waals surface area (Å²) in [6.07, 6.45) is 5.10. The lowest BCUT2D eigenvalue weighted by molar-refractivity contribution is -0.133. The highest BCUT2D eigenvalue weighted by atomic mass is 35.5. The summed E-state index contributed by atoms with van der Waals surface area (Å²) in [5.41, 5.74) is 1.98. The van der Waals surface area contributed by atoms with Crippen LogP contribution in [0.3, 0.4) is 0 Å². The molecule has 1 saturated heterocycles. The van der Waals surface area contributed by atoms with E-state index in [4.69, 9.17) is 11.6 Å². The van der Waals surface area contributed by atoms with E-state index in [1.165, 1.54) is 5.56 Å². The van der Waals surface area contributed by atoms with Gasteiger partial charge in [0.1, 0.15) is 0 Å². The summed E-state index contributed by atoms with van der Waals surface area (Å²) in [4.78, 5) is 16.6. The lowest BCUT2D eigenvalue weighted by Crippen LogP contribution is -2.62. The number of hydrogen-bond acceptors (Lipinski definition) is 3. The van der Waals surface area contributed by atoms with Gasteiger partial charge in [-0.3, -0.25) is 9.78 Å². The summed E-state index contributed by atoms with van der Waals surface area (Å²) in [6, 6.07) is 11.7. The first-order valence-corrected chi connectivity index (χ1v) is 8.18. The molecule has 2 N–H and O–H groups in total. The molecule has 0 unspecified atom stereocenters. The average Bonchev–Trinajstić information content (AvgIpc) is 2.53. The Balaban J connectivity index is 1.56. The first-order chi connectivity index (χ1) is 11.2. The Morgan fingerprint density at radius 3 is 2.43 bits per heavy atom. The zero-order chi connectivity index (χ0) is 16.1. The van der Waals surface area contributed by atoms with Crippen LogP contribution >= 0.6 is 11.6 Å². The maximum Gasteiger partial charge on any atom is 0.229 e. The fourth-order valence-electron chi connectivity index (χ4n) is 2.84. The van der Waals surface area contributed by atoms with Crippen molar-refractivity contribution in [2.24, 2.45) is 5.41 Å². The summed E-state index contributed by atoms with van der Waals surface area (Å²) in [5, 5.41) is 7.03. The van der Waals surface area contributed by atoms with Gasteiger partial charge in [-0.2, -0.15) is 0 Å². The molecule has 1 aliphatic rings. The second kappa shape index (κ2) is 7.11. The molecule has 1 fully saturated rings. The molecule has 0 bridgehead atoms. The normalized spacial score (nSPS) is 15.7. The van der Waals surface area contributed by atoms with Gasteiger partial charge in [0.2, 0.25) is 5.91 Å². The summed E-state index contributed by atoms with van der Waals surface area (Å²) in [5.74, 6) is 0.125. The Morgan fingerprint density at radius 2 is 1.83 bits per heavy atom. The van der Waals surface area contributed by atoms with E-state index in [1.54, 1.807) is 12.4 Å². The third-order valence-corrected chi connectivity index (χ3v) is 4.56. The summed E-state index contributed by atoms with van der Waals surface area (Å²) in [7, 11) is 0. The number of nitrogens with zero attached hydrogens (tertiary/aromatic N) is 1. The van der Waals surface area contributed by atoms with E-state index in [1.807, 2.05) is 36.4 Å². The number of amides is 1. The lowest BCUT2D eigenvalue weighted by atomic mass is 9.75. The summed E-state index contributed by atoms with van der Waals surface area (Å²) >= 11 is 5.92. The van der Waals surface area contributed by atoms with Crippen molar-refractivity contribution >= 4 is 17.5 Å². The fraction of sp³-hybridized carbons (Fsp3) is 0.333. The van der Waals surface area contributed by atoms with E-state index in [0.29, 0.717) is 6.54 Å². The molecule has 3 rings (SSSR count). The highest BCUT2D eigenvalue weighted by molar-refractivity contribution is 6.30. The maximum atomic E-state index is 12.6. The van der Waals surface area contributed by atoms with Gasteiger partial charge in [-0.25, -0.2) is 0 Å². The Morgan fingerprint density at radius 1 is 1.13 bits per heavy atom. The lowest BCUT2D eigenvalue weighted by Gasteiger charge is -2.41. The molecule has 4 nitrogen and oxygen atoms in total. The predicted octanol–water partition coefficient (Wildman–Crippen LogP) is 2.23. The summed E-state index contributed by atoms with van der Waals surface area (Å²) < 4.78 is 0. The van der Waals surface area contributed by atoms with Crippen LogP contribution in [-0.2, 0) is 17.6 Å². The van der Waals surface area contributed by atoms with Crippen LogP contribution in [0, 0.1) is 5.41 Å². The van der Waals surface area contributed by atoms with Gasteiger partial charge in [0.15, 0.2) is 0 Å². The molecule has 0 radical (unpaired) electrons. The van der Waals surface area contributed by atoms with Gasteiger partial charge in [0.25, 0.3) is 0 Å². The monoisotopic (exact) mass is 329 g/mol. The molecule has 2 aromatic rings. The molecule has 1 aromatic carbocycles. The number of pyridine rings is 1. The quantitative estimate of drug-likeness (QED) is 0.854. The second-order valence-electron chi connectivity index (χ2n) is 6.05. The molecule has 23 heavy (non-hydrogen) atoms. The minimum absolute atomic E-state index is 0.125. The standard InChI is InChI=1S/C18H20ClN3O/c19-16-3-1-15(2-4-16)11-18(12-21-13-18)17(23)22-10-7-14-5-8-20-9-6-14/h1-6,8-9,21H,7,10-13H2,(H,22,23). The minimum atomic E-state index is -0.341. The SMILES string of the molecule is O=C(NCCc1ccncc1)C1(Cc2ccc(Cl)cc2)CNC1. The Kier molecular flexibility index (Phi) is 4.94. The predicted molar refractivity (Wildman–Crippen MR) is 91.4 cm³/mol. The minimum Gasteiger partial charge on any atom is -0.355 e. The van der Waals surface area contributed by atoms with Crippen molar-refractivity contribution in [1.82, 2.24) is 15.6 Å². The number of carbonyl (C=O) groups is 1. The fourth-order valence-corrected chi connectivity index (χ4v) is 2.97. The van der Waals surface area contributed by atoms with E-state index in [2.05, 4.69) is 15.6 Å². The zero-order valence-corrected chi connectivity index (χ0v) is 13.6. The third kappa shape index (κ3) is 3.89. The van der Waals surface area contributed by atoms with Gasteiger partial charge in [-0.1, -0.05) is 23.7 Å². The van der Waals surface area contributed by atoms with Crippen molar-refractivity contribution in [2.45, 2.75) is 12.8 Å². The van der Waals surface area contributed by atoms with E-state index in [0.717, 1.165) is 36.5 Å². The van der Waals surface area contributed by atoms with Crippen LogP contribution in [0.5, 0.6) is 0 Å². The number of rotatable bonds is 6. The van der Waals surface area contributed by atoms with Crippen molar-refractivity contribution in [3.05, 3.63) is 64.9 Å². The molecule has 120 valence electrons. The smallest absolute Gasteiger partial charge is 0.229 e. The van der Waals surface area contributed by atoms with E-state index < -0.39 is 0 Å². The molecule has 0 aliphatic carbocycles. The van der Waals surface area contributed by atoms with Crippen molar-refractivity contribution in [3.63, 3.8) is 0 Å². The Hall–Kier alpha value is -1.91. The van der Waals surface area contributed by atoms with E-state index in [-0.39, 0.29) is 11.3 Å². The number of carbonyl (C=O) groups excluding carboxylic acids is 1. The van der Waals surface area contributed by atoms with Gasteiger partial charge in [0.05, 0.1) is 5.41 Å². The topological polar surface area (TPSA) is 54.0 Å². The number of aromatic nitrogens is 1. The van der Waals surface area contributed by atoms with Crippen LogP contribution in [0.2, 0.25) is 5.02 Å². The number of hydrogen-bond donors (Lipinski definition) is 2. The van der Waals surface area contributed by atoms with Crippen molar-refractivity contribution < 1.29 is 4.79 Å². The molecule has 2 heterocycles. The Labute approximate surface area is 141 Å². The molecular weight excluding hydrogens is 310 g/mol. The second-order valence-corrected chi connectivity index (χ2v) is 6.48. The molecule has 1 amide bonds. The first kappa shape index (κ1) is 16.0. The van der Waals surface area contributed by atoms with E-state index >= 15 is 0 Å². The maximum absolute atomic E-state index is 12.6. The molecular formula is C18H20ClN3O. The van der Waals surface area contributed by atoms with Crippen molar-refractivity contribution in [1.29, 1.82) is 0 Å². The first-order valence-electron chi connectivity index (χ1n) is 7.80. The number of benzene rings is 1. The van der Waals surface area contributed by atoms with Crippen LogP contribution in [0.25, 0.3) is 0 Å². The molecule has 1 aromatic heterocycles. The molecule has 0 atom stereocenters. The average molecular weight is 330 g/mol. The highest BCUT2D eigenvalue weighted by Crippen LogP contribution is 2.28. The van der Waals surface area contributed by atoms with Gasteiger partial charge in [0, 0.05) is 37.1 Å². The molecule has 5 heteroatoms. The number of nitrogens with one attached hydrogen (secondary N) is 2. The van der Waals surface area contributed by atoms with Gasteiger partial charge < -0.3 is 10.6 Å². The highest BCUT2D eigenvalue weighted by Gasteiger charge is 2.43. The van der Waals surface area contributed by atoms with Crippen LogP contribution in [0.1, 0.15) is 11.1 Å². The van der Waals surface area contributed by atoms with Gasteiger partial charge >= 0.3 is 0 Å².